The molecule has 0 bridgehead atoms. The Morgan fingerprint density at radius 1 is 1.00 bits per heavy atom. The minimum atomic E-state index is -0.495. The molecular weight excluding hydrogens is 354 g/mol. The zero-order valence-electron chi connectivity index (χ0n) is 15.5. The predicted molar refractivity (Wildman–Crippen MR) is 115 cm³/mol. The summed E-state index contributed by atoms with van der Waals surface area (Å²) in [6.45, 7) is 4.31. The Hall–Kier alpha value is 0.240. The minimum absolute atomic E-state index is 0.135. The van der Waals surface area contributed by atoms with E-state index in [0.29, 0.717) is 12.8 Å². The molecular formula is C19H35NOS3. The number of nitrogens with zero attached hydrogens (tertiary/aromatic N) is 1. The molecule has 0 aromatic carbocycles. The van der Waals surface area contributed by atoms with Crippen LogP contribution in [0, 0.1) is 11.3 Å². The van der Waals surface area contributed by atoms with Crippen LogP contribution < -0.4 is 0 Å². The number of unbranched alkanes of at least 4 members (excludes halogenated alkanes) is 9. The summed E-state index contributed by atoms with van der Waals surface area (Å²) in [7, 11) is 0. The molecule has 140 valence electrons. The van der Waals surface area contributed by atoms with Gasteiger partial charge in [0.25, 0.3) is 0 Å². The molecule has 0 radical (unpaired) electrons. The molecule has 2 nitrogen and oxygen atoms in total. The van der Waals surface area contributed by atoms with E-state index in [-0.39, 0.29) is 6.61 Å². The maximum atomic E-state index is 9.30. The fourth-order valence-electron chi connectivity index (χ4n) is 2.50. The van der Waals surface area contributed by atoms with E-state index >= 15 is 0 Å². The van der Waals surface area contributed by atoms with Crippen LogP contribution >= 0.6 is 35.7 Å². The van der Waals surface area contributed by atoms with Crippen LogP contribution in [0.5, 0.6) is 0 Å². The number of thiocarbonyl (C=S) groups is 1. The van der Waals surface area contributed by atoms with Gasteiger partial charge in [-0.2, -0.15) is 5.26 Å². The lowest BCUT2D eigenvalue weighted by molar-refractivity contribution is 0.282. The summed E-state index contributed by atoms with van der Waals surface area (Å²) in [4.78, 5) is 0. The van der Waals surface area contributed by atoms with Crippen LogP contribution in [0.4, 0.5) is 0 Å². The second-order valence-electron chi connectivity index (χ2n) is 6.55. The van der Waals surface area contributed by atoms with Crippen molar-refractivity contribution in [1.82, 2.24) is 0 Å². The Morgan fingerprint density at radius 2 is 1.54 bits per heavy atom. The largest absolute Gasteiger partial charge is 0.396 e. The second kappa shape index (κ2) is 16.7. The van der Waals surface area contributed by atoms with Crippen molar-refractivity contribution in [2.24, 2.45) is 0 Å². The highest BCUT2D eigenvalue weighted by Crippen LogP contribution is 2.34. The van der Waals surface area contributed by atoms with Gasteiger partial charge in [-0.05, 0) is 31.9 Å². The average molecular weight is 390 g/mol. The molecule has 0 aromatic rings. The van der Waals surface area contributed by atoms with Gasteiger partial charge in [-0.3, -0.25) is 0 Å². The van der Waals surface area contributed by atoms with Crippen molar-refractivity contribution in [3.05, 3.63) is 0 Å². The molecule has 1 N–H and O–H groups in total. The van der Waals surface area contributed by atoms with Gasteiger partial charge in [-0.15, -0.1) is 11.8 Å². The fourth-order valence-corrected chi connectivity index (χ4v) is 5.52. The highest BCUT2D eigenvalue weighted by molar-refractivity contribution is 8.47. The molecule has 1 unspecified atom stereocenters. The van der Waals surface area contributed by atoms with Crippen LogP contribution in [0.3, 0.4) is 0 Å². The number of aliphatic hydroxyl groups is 1. The summed E-state index contributed by atoms with van der Waals surface area (Å²) >= 11 is 8.60. The molecule has 0 rings (SSSR count). The maximum Gasteiger partial charge on any atom is 0.106 e. The van der Waals surface area contributed by atoms with E-state index in [1.165, 1.54) is 76.0 Å². The lowest BCUT2D eigenvalue weighted by atomic mass is 10.1. The van der Waals surface area contributed by atoms with Gasteiger partial charge in [-0.25, -0.2) is 0 Å². The van der Waals surface area contributed by atoms with Crippen molar-refractivity contribution >= 4 is 39.3 Å². The monoisotopic (exact) mass is 389 g/mol. The molecule has 0 aromatic heterocycles. The van der Waals surface area contributed by atoms with Crippen molar-refractivity contribution in [3.63, 3.8) is 0 Å². The van der Waals surface area contributed by atoms with Crippen molar-refractivity contribution in [2.45, 2.75) is 95.6 Å². The molecule has 5 heteroatoms. The molecule has 0 saturated heterocycles. The normalized spacial score (nSPS) is 13.4. The van der Waals surface area contributed by atoms with Crippen LogP contribution in [0.2, 0.25) is 0 Å². The summed E-state index contributed by atoms with van der Waals surface area (Å²) < 4.78 is 0.373. The fraction of sp³-hybridized carbons (Fsp3) is 0.895. The first-order valence-electron chi connectivity index (χ1n) is 9.46. The third kappa shape index (κ3) is 14.6. The standard InChI is InChI=1S/C19H35NOS3/c1-3-4-5-6-7-8-9-10-11-12-16-23-18(22)24-19(2,17-20)14-13-15-21/h21H,3-16H2,1-2H3. The Kier molecular flexibility index (Phi) is 16.9. The van der Waals surface area contributed by atoms with E-state index in [1.807, 2.05) is 6.92 Å². The third-order valence-electron chi connectivity index (χ3n) is 4.07. The number of rotatable bonds is 15. The smallest absolute Gasteiger partial charge is 0.106 e. The molecule has 1 atom stereocenters. The SMILES string of the molecule is CCCCCCCCCCCCSC(=S)SC(C)(C#N)CCCO. The first-order chi connectivity index (χ1) is 11.6. The topological polar surface area (TPSA) is 44.0 Å². The molecule has 0 fully saturated rings. The van der Waals surface area contributed by atoms with Gasteiger partial charge in [0.05, 0.1) is 6.07 Å². The number of nitriles is 1. The van der Waals surface area contributed by atoms with Gasteiger partial charge in [-0.1, -0.05) is 88.7 Å². The third-order valence-corrected chi connectivity index (χ3v) is 6.92. The van der Waals surface area contributed by atoms with Crippen molar-refractivity contribution in [1.29, 1.82) is 5.26 Å². The van der Waals surface area contributed by atoms with E-state index in [1.54, 1.807) is 11.8 Å². The van der Waals surface area contributed by atoms with Crippen LogP contribution in [0.15, 0.2) is 0 Å². The van der Waals surface area contributed by atoms with Gasteiger partial charge in [0.15, 0.2) is 0 Å². The molecule has 0 aliphatic heterocycles. The molecule has 0 heterocycles. The van der Waals surface area contributed by atoms with Crippen LogP contribution in [0.25, 0.3) is 0 Å². The van der Waals surface area contributed by atoms with E-state index in [9.17, 15) is 5.26 Å². The van der Waals surface area contributed by atoms with Gasteiger partial charge >= 0.3 is 0 Å². The molecule has 24 heavy (non-hydrogen) atoms. The van der Waals surface area contributed by atoms with E-state index in [2.05, 4.69) is 13.0 Å². The van der Waals surface area contributed by atoms with Crippen molar-refractivity contribution < 1.29 is 5.11 Å². The lowest BCUT2D eigenvalue weighted by Crippen LogP contribution is -2.19. The zero-order chi connectivity index (χ0) is 18.1. The summed E-state index contributed by atoms with van der Waals surface area (Å²) in [6, 6.07) is 2.34. The first kappa shape index (κ1) is 24.2. The maximum absolute atomic E-state index is 9.30. The van der Waals surface area contributed by atoms with Crippen molar-refractivity contribution in [2.75, 3.05) is 12.4 Å². The number of hydrogen-bond donors (Lipinski definition) is 1. The van der Waals surface area contributed by atoms with E-state index < -0.39 is 4.75 Å². The second-order valence-corrected chi connectivity index (χ2v) is 10.4. The molecule has 0 aliphatic rings. The van der Waals surface area contributed by atoms with Gasteiger partial charge in [0.2, 0.25) is 0 Å². The highest BCUT2D eigenvalue weighted by atomic mass is 32.2. The minimum Gasteiger partial charge on any atom is -0.396 e. The summed E-state index contributed by atoms with van der Waals surface area (Å²) in [5.74, 6) is 1.06. The predicted octanol–water partition coefficient (Wildman–Crippen LogP) is 6.71. The molecule has 0 saturated carbocycles. The Bertz CT molecular complexity index is 357. The highest BCUT2D eigenvalue weighted by Gasteiger charge is 2.26. The van der Waals surface area contributed by atoms with Crippen LogP contribution in [0.1, 0.15) is 90.9 Å². The molecule has 0 aliphatic carbocycles. The Balaban J connectivity index is 3.53. The molecule has 0 spiro atoms. The summed E-state index contributed by atoms with van der Waals surface area (Å²) in [5.41, 5.74) is 0. The lowest BCUT2D eigenvalue weighted by Gasteiger charge is -2.20. The molecule has 0 amide bonds. The van der Waals surface area contributed by atoms with Crippen LogP contribution in [-0.2, 0) is 0 Å². The van der Waals surface area contributed by atoms with E-state index in [4.69, 9.17) is 17.3 Å². The Morgan fingerprint density at radius 3 is 2.04 bits per heavy atom. The van der Waals surface area contributed by atoms with Gasteiger partial charge < -0.3 is 5.11 Å². The quantitative estimate of drug-likeness (QED) is 0.249. The van der Waals surface area contributed by atoms with Gasteiger partial charge in [0.1, 0.15) is 8.28 Å². The number of hydrogen-bond acceptors (Lipinski definition) is 5. The van der Waals surface area contributed by atoms with Crippen LogP contribution in [-0.4, -0.2) is 25.7 Å². The number of thioether (sulfide) groups is 2. The Labute approximate surface area is 163 Å². The zero-order valence-corrected chi connectivity index (χ0v) is 18.0. The number of aliphatic hydroxyl groups excluding tert-OH is 1. The summed E-state index contributed by atoms with van der Waals surface area (Å²) in [5, 5.41) is 18.2. The van der Waals surface area contributed by atoms with E-state index in [0.717, 1.165) is 9.28 Å². The summed E-state index contributed by atoms with van der Waals surface area (Å²) in [6.07, 6.45) is 14.8. The van der Waals surface area contributed by atoms with Crippen molar-refractivity contribution in [3.8, 4) is 6.07 Å². The van der Waals surface area contributed by atoms with Gasteiger partial charge in [0, 0.05) is 6.61 Å². The first-order valence-corrected chi connectivity index (χ1v) is 11.7. The average Bonchev–Trinajstić information content (AvgIpc) is 2.58.